The van der Waals surface area contributed by atoms with E-state index in [2.05, 4.69) is 36.3 Å². The molecule has 1 aliphatic carbocycles. The van der Waals surface area contributed by atoms with E-state index >= 15 is 0 Å². The van der Waals surface area contributed by atoms with E-state index in [0.29, 0.717) is 0 Å². The molecular formula is C6H6Br2N2S. The van der Waals surface area contributed by atoms with Gasteiger partial charge in [-0.2, -0.15) is 0 Å². The zero-order valence-electron chi connectivity index (χ0n) is 5.55. The van der Waals surface area contributed by atoms with E-state index in [1.807, 2.05) is 12.2 Å². The molecule has 0 saturated carbocycles. The Morgan fingerprint density at radius 3 is 2.82 bits per heavy atom. The van der Waals surface area contributed by atoms with Crippen molar-refractivity contribution in [2.24, 2.45) is 9.54 Å². The first-order chi connectivity index (χ1) is 5.24. The Labute approximate surface area is 86.5 Å². The van der Waals surface area contributed by atoms with Gasteiger partial charge in [0.2, 0.25) is 0 Å². The zero-order chi connectivity index (χ0) is 8.27. The average Bonchev–Trinajstić information content (AvgIpc) is 1.98. The van der Waals surface area contributed by atoms with Crippen LogP contribution in [0.25, 0.3) is 0 Å². The Hall–Kier alpha value is 0.420. The van der Waals surface area contributed by atoms with Crippen LogP contribution in [0.1, 0.15) is 6.42 Å². The van der Waals surface area contributed by atoms with Crippen molar-refractivity contribution in [3.05, 3.63) is 21.1 Å². The monoisotopic (exact) mass is 296 g/mol. The molecule has 60 valence electrons. The third kappa shape index (κ3) is 2.74. The number of nitrogens with two attached hydrogens (primary N) is 1. The molecule has 0 aliphatic heterocycles. The third-order valence-electron chi connectivity index (χ3n) is 1.19. The van der Waals surface area contributed by atoms with E-state index < -0.39 is 0 Å². The molecule has 2 nitrogen and oxygen atoms in total. The van der Waals surface area contributed by atoms with Gasteiger partial charge in [0.25, 0.3) is 0 Å². The minimum atomic E-state index is 0.807. The van der Waals surface area contributed by atoms with Crippen molar-refractivity contribution in [2.75, 3.05) is 0 Å². The normalized spacial score (nSPS) is 21.5. The summed E-state index contributed by atoms with van der Waals surface area (Å²) in [5.41, 5.74) is 0.965. The molecule has 11 heavy (non-hydrogen) atoms. The van der Waals surface area contributed by atoms with Crippen LogP contribution in [0.4, 0.5) is 0 Å². The summed E-state index contributed by atoms with van der Waals surface area (Å²) in [5, 5.41) is 5.21. The molecule has 0 aromatic heterocycles. The molecule has 5 heteroatoms. The van der Waals surface area contributed by atoms with E-state index in [4.69, 9.17) is 5.14 Å². The van der Waals surface area contributed by atoms with Gasteiger partial charge in [-0.05, 0) is 22.0 Å². The summed E-state index contributed by atoms with van der Waals surface area (Å²) in [4.78, 5) is 0. The molecule has 0 fully saturated rings. The summed E-state index contributed by atoms with van der Waals surface area (Å²) in [7, 11) is 0. The number of nitrogens with zero attached hydrogens (tertiary/aromatic N) is 1. The molecular weight excluding hydrogens is 292 g/mol. The second-order valence-corrected chi connectivity index (χ2v) is 4.21. The molecule has 0 spiro atoms. The molecule has 1 rings (SSSR count). The highest BCUT2D eigenvalue weighted by Crippen LogP contribution is 2.24. The molecule has 0 saturated heterocycles. The lowest BCUT2D eigenvalue weighted by molar-refractivity contribution is 1.42. The molecule has 0 radical (unpaired) electrons. The number of halogens is 2. The van der Waals surface area contributed by atoms with Crippen LogP contribution in [-0.4, -0.2) is 5.71 Å². The lowest BCUT2D eigenvalue weighted by atomic mass is 10.2. The van der Waals surface area contributed by atoms with Gasteiger partial charge in [0.15, 0.2) is 0 Å². The highest BCUT2D eigenvalue weighted by molar-refractivity contribution is 9.12. The van der Waals surface area contributed by atoms with Crippen molar-refractivity contribution >= 4 is 49.7 Å². The van der Waals surface area contributed by atoms with Crippen LogP contribution in [0.2, 0.25) is 0 Å². The van der Waals surface area contributed by atoms with Gasteiger partial charge in [-0.3, -0.25) is 5.14 Å². The summed E-state index contributed by atoms with van der Waals surface area (Å²) in [6.07, 6.45) is 4.74. The minimum absolute atomic E-state index is 0.807. The number of rotatable bonds is 1. The summed E-state index contributed by atoms with van der Waals surface area (Å²) in [5.74, 6) is 0. The fourth-order valence-corrected chi connectivity index (χ4v) is 1.87. The Bertz CT molecular complexity index is 245. The summed E-state index contributed by atoms with van der Waals surface area (Å²) >= 11 is 7.75. The van der Waals surface area contributed by atoms with Gasteiger partial charge in [-0.15, -0.1) is 0 Å². The molecule has 0 atom stereocenters. The first-order valence-electron chi connectivity index (χ1n) is 2.89. The number of hydrogen-bond acceptors (Lipinski definition) is 3. The quantitative estimate of drug-likeness (QED) is 0.756. The van der Waals surface area contributed by atoms with Crippen molar-refractivity contribution in [1.82, 2.24) is 0 Å². The fourth-order valence-electron chi connectivity index (χ4n) is 0.703. The third-order valence-corrected chi connectivity index (χ3v) is 2.78. The van der Waals surface area contributed by atoms with Crippen LogP contribution >= 0.6 is 44.0 Å². The van der Waals surface area contributed by atoms with Crippen molar-refractivity contribution in [2.45, 2.75) is 6.42 Å². The maximum absolute atomic E-state index is 5.21. The van der Waals surface area contributed by atoms with Crippen molar-refractivity contribution < 1.29 is 0 Å². The molecule has 0 heterocycles. The Kier molecular flexibility index (Phi) is 3.84. The average molecular weight is 298 g/mol. The van der Waals surface area contributed by atoms with E-state index in [0.717, 1.165) is 33.2 Å². The predicted molar refractivity (Wildman–Crippen MR) is 57.9 cm³/mol. The lowest BCUT2D eigenvalue weighted by Gasteiger charge is -2.07. The van der Waals surface area contributed by atoms with E-state index in [1.165, 1.54) is 0 Å². The predicted octanol–water partition coefficient (Wildman–Crippen LogP) is 2.91. The topological polar surface area (TPSA) is 38.4 Å². The minimum Gasteiger partial charge on any atom is -0.258 e. The van der Waals surface area contributed by atoms with Crippen LogP contribution in [-0.2, 0) is 0 Å². The van der Waals surface area contributed by atoms with Gasteiger partial charge in [-0.25, -0.2) is 4.40 Å². The fraction of sp³-hybridized carbons (Fsp3) is 0.167. The first kappa shape index (κ1) is 9.51. The number of hydrogen-bond donors (Lipinski definition) is 1. The molecule has 1 aliphatic rings. The van der Waals surface area contributed by atoms with E-state index in [9.17, 15) is 0 Å². The highest BCUT2D eigenvalue weighted by Gasteiger charge is 2.09. The second-order valence-electron chi connectivity index (χ2n) is 1.95. The van der Waals surface area contributed by atoms with Crippen LogP contribution in [0.5, 0.6) is 0 Å². The smallest absolute Gasteiger partial charge is 0.0692 e. The second kappa shape index (κ2) is 4.45. The lowest BCUT2D eigenvalue weighted by Crippen LogP contribution is -2.01. The first-order valence-corrected chi connectivity index (χ1v) is 5.31. The van der Waals surface area contributed by atoms with E-state index in [-0.39, 0.29) is 0 Å². The summed E-state index contributed by atoms with van der Waals surface area (Å²) < 4.78 is 6.16. The summed E-state index contributed by atoms with van der Waals surface area (Å²) in [6, 6.07) is 0. The van der Waals surface area contributed by atoms with Gasteiger partial charge in [0.1, 0.15) is 0 Å². The van der Waals surface area contributed by atoms with Crippen LogP contribution in [0.15, 0.2) is 25.5 Å². The maximum Gasteiger partial charge on any atom is 0.0692 e. The molecule has 0 aromatic rings. The molecule has 2 N–H and O–H groups in total. The Morgan fingerprint density at radius 1 is 1.45 bits per heavy atom. The Balaban J connectivity index is 2.81. The molecule has 0 amide bonds. The van der Waals surface area contributed by atoms with E-state index in [1.54, 1.807) is 0 Å². The zero-order valence-corrected chi connectivity index (χ0v) is 9.54. The molecule has 0 unspecified atom stereocenters. The van der Waals surface area contributed by atoms with Crippen molar-refractivity contribution in [3.8, 4) is 0 Å². The van der Waals surface area contributed by atoms with Crippen LogP contribution in [0, 0.1) is 0 Å². The maximum atomic E-state index is 5.21. The Morgan fingerprint density at radius 2 is 2.18 bits per heavy atom. The largest absolute Gasteiger partial charge is 0.258 e. The molecule has 0 bridgehead atoms. The SMILES string of the molecule is NS/N=C1\CC(Br)=CC=C1Br. The van der Waals surface area contributed by atoms with Gasteiger partial charge in [-0.1, -0.05) is 22.0 Å². The standard InChI is InChI=1S/C6H6Br2N2S/c7-4-1-2-5(8)6(3-4)10-11-9/h1-2H,3,9H2/b10-6+. The van der Waals surface area contributed by atoms with Crippen molar-refractivity contribution in [1.29, 1.82) is 0 Å². The van der Waals surface area contributed by atoms with Gasteiger partial charge in [0, 0.05) is 15.4 Å². The van der Waals surface area contributed by atoms with Crippen LogP contribution in [0.3, 0.4) is 0 Å². The number of allylic oxidation sites excluding steroid dienone is 4. The van der Waals surface area contributed by atoms with Crippen molar-refractivity contribution in [3.63, 3.8) is 0 Å². The molecule has 0 aromatic carbocycles. The summed E-state index contributed by atoms with van der Waals surface area (Å²) in [6.45, 7) is 0. The van der Waals surface area contributed by atoms with Gasteiger partial charge >= 0.3 is 0 Å². The van der Waals surface area contributed by atoms with Gasteiger partial charge < -0.3 is 0 Å². The van der Waals surface area contributed by atoms with Crippen LogP contribution < -0.4 is 5.14 Å². The highest BCUT2D eigenvalue weighted by atomic mass is 79.9. The van der Waals surface area contributed by atoms with Gasteiger partial charge in [0.05, 0.1) is 17.8 Å².